The Morgan fingerprint density at radius 3 is 3.16 bits per heavy atom. The lowest BCUT2D eigenvalue weighted by atomic mass is 10.2. The molecule has 2 aromatic rings. The third kappa shape index (κ3) is 2.38. The summed E-state index contributed by atoms with van der Waals surface area (Å²) in [5.74, 6) is 1.36. The standard InChI is InChI=1S/C14H19N3O2/c1-18-11-4-5-13-12(9-11)16-14(15)17(13)7-6-10-3-2-8-19-10/h4-5,9-10H,2-3,6-8H2,1H3,(H2,15,16). The van der Waals surface area contributed by atoms with E-state index in [1.165, 1.54) is 6.42 Å². The van der Waals surface area contributed by atoms with E-state index in [9.17, 15) is 0 Å². The highest BCUT2D eigenvalue weighted by atomic mass is 16.5. The van der Waals surface area contributed by atoms with Gasteiger partial charge in [0.2, 0.25) is 5.95 Å². The Labute approximate surface area is 112 Å². The maximum absolute atomic E-state index is 6.00. The van der Waals surface area contributed by atoms with Crippen molar-refractivity contribution in [1.29, 1.82) is 0 Å². The second kappa shape index (κ2) is 5.09. The summed E-state index contributed by atoms with van der Waals surface area (Å²) in [5.41, 5.74) is 7.93. The first-order valence-electron chi connectivity index (χ1n) is 6.69. The van der Waals surface area contributed by atoms with E-state index in [4.69, 9.17) is 15.2 Å². The summed E-state index contributed by atoms with van der Waals surface area (Å²) in [6.45, 7) is 1.74. The van der Waals surface area contributed by atoms with Crippen LogP contribution in [0.3, 0.4) is 0 Å². The third-order valence-corrected chi connectivity index (χ3v) is 3.68. The fraction of sp³-hybridized carbons (Fsp3) is 0.500. The molecule has 5 nitrogen and oxygen atoms in total. The minimum absolute atomic E-state index is 0.370. The van der Waals surface area contributed by atoms with E-state index < -0.39 is 0 Å². The number of anilines is 1. The van der Waals surface area contributed by atoms with Crippen molar-refractivity contribution in [3.05, 3.63) is 18.2 Å². The second-order valence-corrected chi connectivity index (χ2v) is 4.90. The Kier molecular flexibility index (Phi) is 3.29. The van der Waals surface area contributed by atoms with E-state index in [1.54, 1.807) is 7.11 Å². The van der Waals surface area contributed by atoms with Crippen molar-refractivity contribution >= 4 is 17.0 Å². The van der Waals surface area contributed by atoms with Crippen LogP contribution in [0.25, 0.3) is 11.0 Å². The molecule has 1 saturated heterocycles. The summed E-state index contributed by atoms with van der Waals surface area (Å²) in [6, 6.07) is 5.85. The van der Waals surface area contributed by atoms with E-state index in [0.29, 0.717) is 12.1 Å². The topological polar surface area (TPSA) is 62.3 Å². The number of ether oxygens (including phenoxy) is 2. The van der Waals surface area contributed by atoms with E-state index in [1.807, 2.05) is 18.2 Å². The van der Waals surface area contributed by atoms with Crippen molar-refractivity contribution in [1.82, 2.24) is 9.55 Å². The van der Waals surface area contributed by atoms with Crippen LogP contribution in [0.5, 0.6) is 5.75 Å². The number of aryl methyl sites for hydroxylation is 1. The summed E-state index contributed by atoms with van der Waals surface area (Å²) in [4.78, 5) is 4.39. The molecule has 102 valence electrons. The van der Waals surface area contributed by atoms with Crippen LogP contribution in [0.4, 0.5) is 5.95 Å². The molecule has 0 spiro atoms. The molecular weight excluding hydrogens is 242 g/mol. The van der Waals surface area contributed by atoms with E-state index in [-0.39, 0.29) is 0 Å². The molecule has 1 aromatic heterocycles. The van der Waals surface area contributed by atoms with Crippen LogP contribution in [0.15, 0.2) is 18.2 Å². The first-order valence-corrected chi connectivity index (χ1v) is 6.69. The molecule has 0 saturated carbocycles. The number of methoxy groups -OCH3 is 1. The average Bonchev–Trinajstić information content (AvgIpc) is 3.02. The van der Waals surface area contributed by atoms with Gasteiger partial charge in [0.25, 0.3) is 0 Å². The van der Waals surface area contributed by atoms with Gasteiger partial charge in [-0.3, -0.25) is 0 Å². The number of benzene rings is 1. The molecule has 0 radical (unpaired) electrons. The number of rotatable bonds is 4. The van der Waals surface area contributed by atoms with Gasteiger partial charge in [-0.15, -0.1) is 0 Å². The zero-order valence-electron chi connectivity index (χ0n) is 11.1. The molecule has 1 fully saturated rings. The highest BCUT2D eigenvalue weighted by Crippen LogP contribution is 2.24. The molecule has 3 rings (SSSR count). The Morgan fingerprint density at radius 2 is 2.42 bits per heavy atom. The summed E-state index contributed by atoms with van der Waals surface area (Å²) < 4.78 is 12.9. The average molecular weight is 261 g/mol. The molecule has 5 heteroatoms. The van der Waals surface area contributed by atoms with Crippen molar-refractivity contribution in [2.24, 2.45) is 0 Å². The monoisotopic (exact) mass is 261 g/mol. The Morgan fingerprint density at radius 1 is 1.53 bits per heavy atom. The molecule has 2 N–H and O–H groups in total. The normalized spacial score (nSPS) is 19.1. The van der Waals surface area contributed by atoms with Gasteiger partial charge in [-0.25, -0.2) is 4.98 Å². The molecule has 19 heavy (non-hydrogen) atoms. The Bertz CT molecular complexity index is 573. The molecule has 1 atom stereocenters. The zero-order chi connectivity index (χ0) is 13.2. The Balaban J connectivity index is 1.83. The van der Waals surface area contributed by atoms with Gasteiger partial charge in [0.15, 0.2) is 0 Å². The summed E-state index contributed by atoms with van der Waals surface area (Å²) in [6.07, 6.45) is 3.68. The molecular formula is C14H19N3O2. The third-order valence-electron chi connectivity index (χ3n) is 3.68. The molecule has 1 aliphatic heterocycles. The largest absolute Gasteiger partial charge is 0.497 e. The zero-order valence-corrected chi connectivity index (χ0v) is 11.1. The summed E-state index contributed by atoms with van der Waals surface area (Å²) >= 11 is 0. The van der Waals surface area contributed by atoms with Crippen LogP contribution >= 0.6 is 0 Å². The maximum atomic E-state index is 6.00. The first-order chi connectivity index (χ1) is 9.28. The second-order valence-electron chi connectivity index (χ2n) is 4.90. The molecule has 1 aromatic carbocycles. The van der Waals surface area contributed by atoms with Gasteiger partial charge >= 0.3 is 0 Å². The van der Waals surface area contributed by atoms with Gasteiger partial charge in [0, 0.05) is 19.2 Å². The van der Waals surface area contributed by atoms with Gasteiger partial charge in [-0.2, -0.15) is 0 Å². The first kappa shape index (κ1) is 12.3. The van der Waals surface area contributed by atoms with Gasteiger partial charge in [-0.1, -0.05) is 0 Å². The number of imidazole rings is 1. The SMILES string of the molecule is COc1ccc2c(c1)nc(N)n2CCC1CCCO1. The van der Waals surface area contributed by atoms with Crippen LogP contribution < -0.4 is 10.5 Å². The van der Waals surface area contributed by atoms with E-state index >= 15 is 0 Å². The van der Waals surface area contributed by atoms with Crippen LogP contribution in [0.2, 0.25) is 0 Å². The molecule has 1 aliphatic rings. The highest BCUT2D eigenvalue weighted by Gasteiger charge is 2.17. The van der Waals surface area contributed by atoms with Gasteiger partial charge in [0.05, 0.1) is 24.2 Å². The van der Waals surface area contributed by atoms with Crippen LogP contribution in [-0.4, -0.2) is 29.4 Å². The van der Waals surface area contributed by atoms with Gasteiger partial charge in [0.1, 0.15) is 5.75 Å². The van der Waals surface area contributed by atoms with Crippen molar-refractivity contribution in [3.8, 4) is 5.75 Å². The number of aromatic nitrogens is 2. The van der Waals surface area contributed by atoms with Crippen molar-refractivity contribution in [3.63, 3.8) is 0 Å². The van der Waals surface area contributed by atoms with Crippen LogP contribution in [0.1, 0.15) is 19.3 Å². The lowest BCUT2D eigenvalue weighted by Gasteiger charge is -2.11. The number of nitrogens with two attached hydrogens (primary N) is 1. The molecule has 1 unspecified atom stereocenters. The minimum atomic E-state index is 0.370. The predicted molar refractivity (Wildman–Crippen MR) is 74.3 cm³/mol. The van der Waals surface area contributed by atoms with Crippen molar-refractivity contribution < 1.29 is 9.47 Å². The summed E-state index contributed by atoms with van der Waals surface area (Å²) in [7, 11) is 1.65. The molecule has 0 aliphatic carbocycles. The lowest BCUT2D eigenvalue weighted by Crippen LogP contribution is -2.11. The summed E-state index contributed by atoms with van der Waals surface area (Å²) in [5, 5.41) is 0. The minimum Gasteiger partial charge on any atom is -0.497 e. The number of nitrogen functional groups attached to an aromatic ring is 1. The van der Waals surface area contributed by atoms with Gasteiger partial charge < -0.3 is 19.8 Å². The van der Waals surface area contributed by atoms with E-state index in [2.05, 4.69) is 9.55 Å². The number of nitrogens with zero attached hydrogens (tertiary/aromatic N) is 2. The number of hydrogen-bond donors (Lipinski definition) is 1. The van der Waals surface area contributed by atoms with Crippen molar-refractivity contribution in [2.45, 2.75) is 31.9 Å². The smallest absolute Gasteiger partial charge is 0.201 e. The highest BCUT2D eigenvalue weighted by molar-refractivity contribution is 5.79. The van der Waals surface area contributed by atoms with E-state index in [0.717, 1.165) is 42.8 Å². The van der Waals surface area contributed by atoms with Crippen LogP contribution in [-0.2, 0) is 11.3 Å². The lowest BCUT2D eigenvalue weighted by molar-refractivity contribution is 0.101. The predicted octanol–water partition coefficient (Wildman–Crippen LogP) is 2.20. The quantitative estimate of drug-likeness (QED) is 0.916. The molecule has 0 bridgehead atoms. The number of fused-ring (bicyclic) bond motifs is 1. The van der Waals surface area contributed by atoms with Crippen molar-refractivity contribution in [2.75, 3.05) is 19.5 Å². The number of hydrogen-bond acceptors (Lipinski definition) is 4. The fourth-order valence-corrected chi connectivity index (χ4v) is 2.64. The Hall–Kier alpha value is -1.75. The molecule has 0 amide bonds. The van der Waals surface area contributed by atoms with Crippen LogP contribution in [0, 0.1) is 0 Å². The maximum Gasteiger partial charge on any atom is 0.201 e. The molecule has 2 heterocycles. The van der Waals surface area contributed by atoms with Gasteiger partial charge in [-0.05, 0) is 31.4 Å². The fourth-order valence-electron chi connectivity index (χ4n) is 2.64.